The smallest absolute Gasteiger partial charge is 0.148 e. The van der Waals surface area contributed by atoms with Crippen LogP contribution in [0.25, 0.3) is 0 Å². The van der Waals surface area contributed by atoms with Gasteiger partial charge in [-0.15, -0.1) is 0 Å². The molecule has 0 spiro atoms. The van der Waals surface area contributed by atoms with Gasteiger partial charge in [0.05, 0.1) is 6.54 Å². The summed E-state index contributed by atoms with van der Waals surface area (Å²) in [5.41, 5.74) is 4.54. The Labute approximate surface area is 25.2 Å². The molecule has 2 heteroatoms. The summed E-state index contributed by atoms with van der Waals surface area (Å²) < 4.78 is 0. The van der Waals surface area contributed by atoms with Gasteiger partial charge >= 0.3 is 0 Å². The summed E-state index contributed by atoms with van der Waals surface area (Å²) in [6, 6.07) is 0. The molecule has 23 valence electrons. The van der Waals surface area contributed by atoms with Gasteiger partial charge in [0, 0.05) is 0 Å². The van der Waals surface area contributed by atoms with Gasteiger partial charge in [-0.2, -0.15) is 0 Å². The summed E-state index contributed by atoms with van der Waals surface area (Å²) in [6.07, 6.45) is 0. The van der Waals surface area contributed by atoms with Crippen LogP contribution in [0, 0.1) is 13.2 Å². The van der Waals surface area contributed by atoms with Gasteiger partial charge in [-0.25, -0.2) is 0 Å². The maximum absolute atomic E-state index is 7.44. The number of nitrogens with two attached hydrogens (primary N) is 1. The van der Waals surface area contributed by atoms with E-state index in [1.807, 2.05) is 0 Å². The molecule has 0 aromatic rings. The minimum absolute atomic E-state index is 0.931. The first-order valence-electron chi connectivity index (χ1n) is 0.846. The molecule has 0 amide bonds. The minimum Gasteiger partial charge on any atom is -0.382 e. The normalized spacial score (nSPS) is 7.50. The van der Waals surface area contributed by atoms with Gasteiger partial charge in [-0.05, 0) is 0 Å². The fourth-order valence-electron chi connectivity index (χ4n) is 0. The van der Waals surface area contributed by atoms with E-state index in [0.29, 0.717) is 0 Å². The zero-order chi connectivity index (χ0) is 3.41. The van der Waals surface area contributed by atoms with E-state index in [1.165, 1.54) is 0 Å². The Morgan fingerprint density at radius 2 is 2.25 bits per heavy atom. The highest BCUT2D eigenvalue weighted by Gasteiger charge is 1.61. The van der Waals surface area contributed by atoms with E-state index in [1.54, 1.807) is 6.61 Å². The fourth-order valence-corrected chi connectivity index (χ4v) is 0. The SMILES string of the molecule is N[CH][C]O. The van der Waals surface area contributed by atoms with Crippen LogP contribution in [0.1, 0.15) is 0 Å². The zero-order valence-corrected chi connectivity index (χ0v) is 2.10. The molecule has 4 heavy (non-hydrogen) atoms. The van der Waals surface area contributed by atoms with Crippen LogP contribution in [0.2, 0.25) is 0 Å². The molecule has 0 aliphatic carbocycles. The van der Waals surface area contributed by atoms with Crippen LogP contribution >= 0.6 is 0 Å². The fraction of sp³-hybridized carbons (Fsp3) is 0. The van der Waals surface area contributed by atoms with Crippen molar-refractivity contribution in [2.24, 2.45) is 5.73 Å². The van der Waals surface area contributed by atoms with Gasteiger partial charge in [-0.1, -0.05) is 0 Å². The van der Waals surface area contributed by atoms with Crippen LogP contribution in [0.15, 0.2) is 0 Å². The predicted molar refractivity (Wildman–Crippen MR) is 13.7 cm³/mol. The van der Waals surface area contributed by atoms with Crippen LogP contribution in [0.4, 0.5) is 0 Å². The molecule has 3 radical (unpaired) electrons. The lowest BCUT2D eigenvalue weighted by Crippen LogP contribution is -1.86. The molecule has 0 aliphatic rings. The lowest BCUT2D eigenvalue weighted by atomic mass is 10.8. The first-order chi connectivity index (χ1) is 1.91. The maximum atomic E-state index is 7.44. The second kappa shape index (κ2) is 2.92. The first-order valence-corrected chi connectivity index (χ1v) is 0.846. The number of aliphatic hydroxyl groups excluding tert-OH is 1. The average molecular weight is 58.1 g/mol. The highest BCUT2D eigenvalue weighted by Crippen LogP contribution is 1.55. The van der Waals surface area contributed by atoms with E-state index in [2.05, 4.69) is 5.73 Å². The molecule has 3 N–H and O–H groups in total. The largest absolute Gasteiger partial charge is 0.382 e. The van der Waals surface area contributed by atoms with Crippen LogP contribution in [-0.2, 0) is 0 Å². The molecule has 0 aromatic heterocycles. The van der Waals surface area contributed by atoms with E-state index in [-0.39, 0.29) is 0 Å². The molecule has 0 unspecified atom stereocenters. The van der Waals surface area contributed by atoms with Crippen LogP contribution < -0.4 is 5.73 Å². The van der Waals surface area contributed by atoms with E-state index in [4.69, 9.17) is 5.11 Å². The monoisotopic (exact) mass is 58.0 g/mol. The second-order valence-corrected chi connectivity index (χ2v) is 0.296. The van der Waals surface area contributed by atoms with Gasteiger partial charge < -0.3 is 10.8 Å². The van der Waals surface area contributed by atoms with Gasteiger partial charge in [0.2, 0.25) is 0 Å². The number of rotatable bonds is 1. The van der Waals surface area contributed by atoms with Crippen molar-refractivity contribution in [1.82, 2.24) is 0 Å². The Bertz CT molecular complexity index is 8.00. The van der Waals surface area contributed by atoms with Crippen LogP contribution in [0.3, 0.4) is 0 Å². The van der Waals surface area contributed by atoms with Crippen molar-refractivity contribution in [2.75, 3.05) is 0 Å². The van der Waals surface area contributed by atoms with Crippen molar-refractivity contribution in [3.63, 3.8) is 0 Å². The zero-order valence-electron chi connectivity index (χ0n) is 2.10. The molecule has 0 atom stereocenters. The van der Waals surface area contributed by atoms with E-state index in [0.717, 1.165) is 6.54 Å². The summed E-state index contributed by atoms with van der Waals surface area (Å²) in [5, 5.41) is 7.44. The van der Waals surface area contributed by atoms with Crippen LogP contribution in [-0.4, -0.2) is 5.11 Å². The predicted octanol–water partition coefficient (Wildman–Crippen LogP) is -0.482. The molecular weight excluding hydrogens is 54.0 g/mol. The Morgan fingerprint density at radius 3 is 2.25 bits per heavy atom. The Morgan fingerprint density at radius 1 is 2.00 bits per heavy atom. The molecule has 0 aromatic carbocycles. The third kappa shape index (κ3) is 1.92. The molecule has 0 saturated carbocycles. The maximum Gasteiger partial charge on any atom is 0.148 e. The molecule has 0 bridgehead atoms. The van der Waals surface area contributed by atoms with Crippen molar-refractivity contribution in [1.29, 1.82) is 0 Å². The highest BCUT2D eigenvalue weighted by atomic mass is 16.3. The highest BCUT2D eigenvalue weighted by molar-refractivity contribution is 4.59. The molecule has 0 saturated heterocycles. The number of hydrogen-bond donors (Lipinski definition) is 2. The van der Waals surface area contributed by atoms with Crippen molar-refractivity contribution in [2.45, 2.75) is 0 Å². The molecule has 0 heterocycles. The second-order valence-electron chi connectivity index (χ2n) is 0.296. The topological polar surface area (TPSA) is 46.2 Å². The molecule has 0 aliphatic heterocycles. The first kappa shape index (κ1) is 3.92. The van der Waals surface area contributed by atoms with E-state index in [9.17, 15) is 0 Å². The summed E-state index contributed by atoms with van der Waals surface area (Å²) >= 11 is 0. The lowest BCUT2D eigenvalue weighted by molar-refractivity contribution is 0.407. The van der Waals surface area contributed by atoms with Gasteiger partial charge in [0.25, 0.3) is 0 Å². The molecule has 0 rings (SSSR count). The summed E-state index contributed by atoms with van der Waals surface area (Å²) in [6.45, 7) is 2.51. The van der Waals surface area contributed by atoms with Crippen molar-refractivity contribution >= 4 is 0 Å². The molecule has 2 nitrogen and oxygen atoms in total. The Balaban J connectivity index is 1.97. The number of aliphatic hydroxyl groups is 1. The summed E-state index contributed by atoms with van der Waals surface area (Å²) in [4.78, 5) is 0. The number of hydrogen-bond acceptors (Lipinski definition) is 2. The summed E-state index contributed by atoms with van der Waals surface area (Å²) in [5.74, 6) is 0. The average Bonchev–Trinajstić information content (AvgIpc) is 1.37. The Kier molecular flexibility index (Phi) is 2.86. The third-order valence-electron chi connectivity index (χ3n) is 0.0745. The third-order valence-corrected chi connectivity index (χ3v) is 0.0745. The van der Waals surface area contributed by atoms with Crippen molar-refractivity contribution < 1.29 is 5.11 Å². The van der Waals surface area contributed by atoms with Crippen molar-refractivity contribution in [3.05, 3.63) is 13.2 Å². The van der Waals surface area contributed by atoms with Crippen molar-refractivity contribution in [3.8, 4) is 0 Å². The lowest BCUT2D eigenvalue weighted by Gasteiger charge is -1.66. The minimum atomic E-state index is 0.931. The molecule has 0 fully saturated rings. The standard InChI is InChI=1S/C2H4NO/c3-1-2-4/h1,4H,3H2. The van der Waals surface area contributed by atoms with E-state index >= 15 is 0 Å². The van der Waals surface area contributed by atoms with E-state index < -0.39 is 0 Å². The van der Waals surface area contributed by atoms with Gasteiger partial charge in [-0.3, -0.25) is 0 Å². The van der Waals surface area contributed by atoms with Crippen LogP contribution in [0.5, 0.6) is 0 Å². The quantitative estimate of drug-likeness (QED) is 0.427. The van der Waals surface area contributed by atoms with Gasteiger partial charge in [0.15, 0.2) is 0 Å². The Hall–Kier alpha value is -0.0800. The van der Waals surface area contributed by atoms with Gasteiger partial charge in [0.1, 0.15) is 6.61 Å². The summed E-state index contributed by atoms with van der Waals surface area (Å²) in [7, 11) is 0. The molecular formula is C2H4NO.